The molecule has 0 fully saturated rings. The van der Waals surface area contributed by atoms with Crippen LogP contribution >= 0.6 is 12.0 Å². The fourth-order valence-electron chi connectivity index (χ4n) is 0.790. The van der Waals surface area contributed by atoms with Crippen molar-refractivity contribution < 1.29 is 4.18 Å². The topological polar surface area (TPSA) is 12.5 Å². The molecule has 0 heterocycles. The molecule has 0 radical (unpaired) electrons. The Bertz CT molecular complexity index is 66.6. The molecule has 0 aliphatic carbocycles. The van der Waals surface area contributed by atoms with Gasteiger partial charge in [-0.1, -0.05) is 13.8 Å². The van der Waals surface area contributed by atoms with Gasteiger partial charge in [0, 0.05) is 12.8 Å². The number of hydrogen-bond acceptors (Lipinski definition) is 3. The van der Waals surface area contributed by atoms with Gasteiger partial charge < -0.3 is 9.08 Å². The minimum absolute atomic E-state index is 0.836. The van der Waals surface area contributed by atoms with Crippen molar-refractivity contribution in [2.75, 3.05) is 32.5 Å². The molecule has 0 rings (SSSR count). The van der Waals surface area contributed by atoms with Crippen molar-refractivity contribution in [1.82, 2.24) is 4.90 Å². The molecule has 0 N–H and O–H groups in total. The highest BCUT2D eigenvalue weighted by Crippen LogP contribution is 1.94. The Balaban J connectivity index is 3.09. The SMILES string of the molecule is CCN(CC)CCOSC. The van der Waals surface area contributed by atoms with E-state index >= 15 is 0 Å². The molecule has 0 aliphatic rings. The molecule has 0 atom stereocenters. The van der Waals surface area contributed by atoms with Gasteiger partial charge in [0.2, 0.25) is 0 Å². The van der Waals surface area contributed by atoms with Crippen LogP contribution < -0.4 is 0 Å². The molecule has 0 spiro atoms. The fraction of sp³-hybridized carbons (Fsp3) is 1.00. The zero-order chi connectivity index (χ0) is 7.82. The molecule has 0 saturated carbocycles. The molecular formula is C7H17NOS. The summed E-state index contributed by atoms with van der Waals surface area (Å²) in [6.45, 7) is 8.46. The quantitative estimate of drug-likeness (QED) is 0.436. The second-order valence-corrected chi connectivity index (χ2v) is 2.58. The van der Waals surface area contributed by atoms with Crippen LogP contribution in [0.3, 0.4) is 0 Å². The number of hydrogen-bond donors (Lipinski definition) is 0. The molecule has 0 saturated heterocycles. The van der Waals surface area contributed by atoms with Crippen LogP contribution in [0.5, 0.6) is 0 Å². The molecule has 0 bridgehead atoms. The largest absolute Gasteiger partial charge is 0.314 e. The zero-order valence-electron chi connectivity index (χ0n) is 7.09. The molecule has 10 heavy (non-hydrogen) atoms. The lowest BCUT2D eigenvalue weighted by atomic mass is 10.5. The van der Waals surface area contributed by atoms with Gasteiger partial charge in [0.15, 0.2) is 0 Å². The van der Waals surface area contributed by atoms with Crippen LogP contribution in [0, 0.1) is 0 Å². The second-order valence-electron chi connectivity index (χ2n) is 2.02. The van der Waals surface area contributed by atoms with Gasteiger partial charge in [-0.25, -0.2) is 0 Å². The first kappa shape index (κ1) is 10.3. The Labute approximate surface area is 68.1 Å². The summed E-state index contributed by atoms with van der Waals surface area (Å²) in [5.74, 6) is 0. The summed E-state index contributed by atoms with van der Waals surface area (Å²) in [6, 6.07) is 0. The maximum Gasteiger partial charge on any atom is 0.0740 e. The van der Waals surface area contributed by atoms with Crippen LogP contribution in [0.2, 0.25) is 0 Å². The van der Waals surface area contributed by atoms with Crippen LogP contribution in [0.15, 0.2) is 0 Å². The summed E-state index contributed by atoms with van der Waals surface area (Å²) in [7, 11) is 0. The first-order chi connectivity index (χ1) is 4.85. The second kappa shape index (κ2) is 7.38. The van der Waals surface area contributed by atoms with Crippen molar-refractivity contribution in [2.24, 2.45) is 0 Å². The summed E-state index contributed by atoms with van der Waals surface area (Å²) in [4.78, 5) is 2.34. The third-order valence-corrected chi connectivity index (χ3v) is 1.91. The van der Waals surface area contributed by atoms with Gasteiger partial charge in [-0.15, -0.1) is 0 Å². The summed E-state index contributed by atoms with van der Waals surface area (Å²) >= 11 is 1.44. The zero-order valence-corrected chi connectivity index (χ0v) is 7.91. The van der Waals surface area contributed by atoms with E-state index in [0.29, 0.717) is 0 Å². The van der Waals surface area contributed by atoms with Gasteiger partial charge in [0.1, 0.15) is 0 Å². The Morgan fingerprint density at radius 3 is 2.30 bits per heavy atom. The predicted octanol–water partition coefficient (Wildman–Crippen LogP) is 1.62. The molecule has 62 valence electrons. The number of nitrogens with zero attached hydrogens (tertiary/aromatic N) is 1. The standard InChI is InChI=1S/C7H17NOS/c1-4-8(5-2)6-7-9-10-3/h4-7H2,1-3H3. The van der Waals surface area contributed by atoms with E-state index in [2.05, 4.69) is 18.7 Å². The Morgan fingerprint density at radius 1 is 1.30 bits per heavy atom. The smallest absolute Gasteiger partial charge is 0.0740 e. The monoisotopic (exact) mass is 163 g/mol. The van der Waals surface area contributed by atoms with Gasteiger partial charge in [0.25, 0.3) is 0 Å². The van der Waals surface area contributed by atoms with E-state index in [9.17, 15) is 0 Å². The highest BCUT2D eigenvalue weighted by atomic mass is 32.2. The third kappa shape index (κ3) is 5.09. The predicted molar refractivity (Wildman–Crippen MR) is 47.3 cm³/mol. The Hall–Kier alpha value is 0.270. The van der Waals surface area contributed by atoms with Gasteiger partial charge in [-0.2, -0.15) is 0 Å². The molecule has 3 heteroatoms. The highest BCUT2D eigenvalue weighted by Gasteiger charge is 1.96. The van der Waals surface area contributed by atoms with E-state index in [-0.39, 0.29) is 0 Å². The van der Waals surface area contributed by atoms with Crippen LogP contribution in [-0.4, -0.2) is 37.4 Å². The van der Waals surface area contributed by atoms with Crippen molar-refractivity contribution in [3.8, 4) is 0 Å². The lowest BCUT2D eigenvalue weighted by Crippen LogP contribution is -2.26. The van der Waals surface area contributed by atoms with Crippen LogP contribution in [0.1, 0.15) is 13.8 Å². The van der Waals surface area contributed by atoms with Crippen molar-refractivity contribution in [3.63, 3.8) is 0 Å². The molecule has 0 aromatic carbocycles. The Kier molecular flexibility index (Phi) is 7.58. The van der Waals surface area contributed by atoms with Crippen molar-refractivity contribution >= 4 is 12.0 Å². The van der Waals surface area contributed by atoms with Gasteiger partial charge in [0.05, 0.1) is 6.61 Å². The van der Waals surface area contributed by atoms with E-state index in [1.165, 1.54) is 12.0 Å². The van der Waals surface area contributed by atoms with E-state index in [1.807, 2.05) is 6.26 Å². The van der Waals surface area contributed by atoms with E-state index in [0.717, 1.165) is 26.2 Å². The molecule has 2 nitrogen and oxygen atoms in total. The molecular weight excluding hydrogens is 146 g/mol. The number of likely N-dealkylation sites (N-methyl/N-ethyl adjacent to an activating group) is 1. The van der Waals surface area contributed by atoms with E-state index < -0.39 is 0 Å². The molecule has 0 aliphatic heterocycles. The van der Waals surface area contributed by atoms with Gasteiger partial charge in [-0.05, 0) is 25.1 Å². The van der Waals surface area contributed by atoms with Crippen molar-refractivity contribution in [1.29, 1.82) is 0 Å². The van der Waals surface area contributed by atoms with Gasteiger partial charge in [-0.3, -0.25) is 0 Å². The maximum absolute atomic E-state index is 5.14. The van der Waals surface area contributed by atoms with Crippen LogP contribution in [0.4, 0.5) is 0 Å². The van der Waals surface area contributed by atoms with E-state index in [4.69, 9.17) is 4.18 Å². The molecule has 0 amide bonds. The van der Waals surface area contributed by atoms with E-state index in [1.54, 1.807) is 0 Å². The third-order valence-electron chi connectivity index (χ3n) is 1.50. The van der Waals surface area contributed by atoms with Crippen molar-refractivity contribution in [2.45, 2.75) is 13.8 Å². The Morgan fingerprint density at radius 2 is 1.90 bits per heavy atom. The average molecular weight is 163 g/mol. The molecule has 0 aromatic rings. The maximum atomic E-state index is 5.14. The summed E-state index contributed by atoms with van der Waals surface area (Å²) in [5.41, 5.74) is 0. The summed E-state index contributed by atoms with van der Waals surface area (Å²) in [6.07, 6.45) is 1.95. The fourth-order valence-corrected chi connectivity index (χ4v) is 1.03. The minimum Gasteiger partial charge on any atom is -0.314 e. The van der Waals surface area contributed by atoms with Gasteiger partial charge >= 0.3 is 0 Å². The molecule has 0 unspecified atom stereocenters. The van der Waals surface area contributed by atoms with Crippen LogP contribution in [0.25, 0.3) is 0 Å². The average Bonchev–Trinajstić information content (AvgIpc) is 1.99. The highest BCUT2D eigenvalue weighted by molar-refractivity contribution is 7.93. The summed E-state index contributed by atoms with van der Waals surface area (Å²) in [5, 5.41) is 0. The molecule has 0 aromatic heterocycles. The van der Waals surface area contributed by atoms with Crippen LogP contribution in [-0.2, 0) is 4.18 Å². The lowest BCUT2D eigenvalue weighted by Gasteiger charge is -2.16. The lowest BCUT2D eigenvalue weighted by molar-refractivity contribution is 0.243. The minimum atomic E-state index is 0.836. The van der Waals surface area contributed by atoms with Crippen molar-refractivity contribution in [3.05, 3.63) is 0 Å². The normalized spacial score (nSPS) is 10.8. The number of rotatable bonds is 6. The first-order valence-electron chi connectivity index (χ1n) is 3.73. The first-order valence-corrected chi connectivity index (χ1v) is 4.88. The summed E-state index contributed by atoms with van der Waals surface area (Å²) < 4.78 is 5.14.